The van der Waals surface area contributed by atoms with E-state index in [9.17, 15) is 0 Å². The smallest absolute Gasteiger partial charge is 0.160 e. The van der Waals surface area contributed by atoms with Crippen molar-refractivity contribution in [2.45, 2.75) is 0 Å². The largest absolute Gasteiger partial charge is 0.309 e. The van der Waals surface area contributed by atoms with Gasteiger partial charge in [0.15, 0.2) is 5.82 Å². The summed E-state index contributed by atoms with van der Waals surface area (Å²) in [4.78, 5) is 10.4. The minimum atomic E-state index is 0.691. The predicted octanol–water partition coefficient (Wildman–Crippen LogP) is 14.0. The third kappa shape index (κ3) is 4.95. The number of hydrogen-bond donors (Lipinski definition) is 0. The Kier molecular flexibility index (Phi) is 7.20. The summed E-state index contributed by atoms with van der Waals surface area (Å²) in [6.07, 6.45) is 0. The number of hydrogen-bond acceptors (Lipinski definition) is 2. The lowest BCUT2D eigenvalue weighted by atomic mass is 9.96. The molecular formula is C54H34N4. The first-order valence-electron chi connectivity index (χ1n) is 19.8. The molecule has 0 aliphatic rings. The third-order valence-corrected chi connectivity index (χ3v) is 11.7. The lowest BCUT2D eigenvalue weighted by molar-refractivity contribution is 1.16. The van der Waals surface area contributed by atoms with Gasteiger partial charge < -0.3 is 9.13 Å². The molecule has 0 radical (unpaired) electrons. The highest BCUT2D eigenvalue weighted by atomic mass is 15.0. The van der Waals surface area contributed by atoms with Crippen LogP contribution in [0.15, 0.2) is 206 Å². The molecule has 270 valence electrons. The van der Waals surface area contributed by atoms with E-state index in [1.54, 1.807) is 0 Å². The maximum atomic E-state index is 5.19. The molecule has 4 nitrogen and oxygen atoms in total. The highest BCUT2D eigenvalue weighted by Crippen LogP contribution is 2.43. The Morgan fingerprint density at radius 3 is 1.57 bits per heavy atom. The Balaban J connectivity index is 1.13. The van der Waals surface area contributed by atoms with Crippen molar-refractivity contribution in [1.82, 2.24) is 19.1 Å². The average Bonchev–Trinajstić information content (AvgIpc) is 3.83. The summed E-state index contributed by atoms with van der Waals surface area (Å²) >= 11 is 0. The van der Waals surface area contributed by atoms with Crippen LogP contribution >= 0.6 is 0 Å². The summed E-state index contributed by atoms with van der Waals surface area (Å²) in [6, 6.07) is 73.7. The van der Waals surface area contributed by atoms with Crippen molar-refractivity contribution in [3.63, 3.8) is 0 Å². The number of aromatic nitrogens is 4. The summed E-state index contributed by atoms with van der Waals surface area (Å²) in [6.45, 7) is 0. The van der Waals surface area contributed by atoms with Crippen molar-refractivity contribution in [2.75, 3.05) is 0 Å². The first-order chi connectivity index (χ1) is 28.8. The molecule has 0 aliphatic heterocycles. The molecule has 0 saturated carbocycles. The van der Waals surface area contributed by atoms with Gasteiger partial charge in [-0.2, -0.15) is 0 Å². The zero-order chi connectivity index (χ0) is 38.2. The second-order valence-electron chi connectivity index (χ2n) is 15.0. The molecule has 0 atom stereocenters. The first-order valence-corrected chi connectivity index (χ1v) is 19.8. The van der Waals surface area contributed by atoms with Crippen molar-refractivity contribution in [3.8, 4) is 45.3 Å². The number of fused-ring (bicyclic) bond motifs is 11. The molecular weight excluding hydrogens is 705 g/mol. The fourth-order valence-electron chi connectivity index (χ4n) is 9.15. The Morgan fingerprint density at radius 1 is 0.310 bits per heavy atom. The van der Waals surface area contributed by atoms with E-state index in [4.69, 9.17) is 9.97 Å². The lowest BCUT2D eigenvalue weighted by Crippen LogP contribution is -1.98. The van der Waals surface area contributed by atoms with E-state index in [0.29, 0.717) is 5.82 Å². The van der Waals surface area contributed by atoms with Crippen LogP contribution in [0.25, 0.3) is 110 Å². The molecule has 0 fully saturated rings. The quantitative estimate of drug-likeness (QED) is 0.165. The summed E-state index contributed by atoms with van der Waals surface area (Å²) in [5.74, 6) is 0.691. The zero-order valence-corrected chi connectivity index (χ0v) is 31.4. The molecule has 0 bridgehead atoms. The Bertz CT molecular complexity index is 3490. The highest BCUT2D eigenvalue weighted by Gasteiger charge is 2.20. The minimum Gasteiger partial charge on any atom is -0.309 e. The molecule has 0 spiro atoms. The van der Waals surface area contributed by atoms with E-state index in [1.165, 1.54) is 59.6 Å². The highest BCUT2D eigenvalue weighted by molar-refractivity contribution is 6.31. The SMILES string of the molecule is c1ccc(-c2cc(-c3ccccc3)nc(-c3cccc(-n4c5ccccc5c5ccc6c(ccc7ccc8c(c9ccccc9n8-c8ccccc8)c76)c54)c3)n2)cc1. The standard InChI is InChI=1S/C54H34N4/c1-4-15-35(16-5-1)46-34-47(36-17-6-2-7-18-36)56-54(55-46)38-19-14-22-40(33-38)58-48-25-12-10-23-41(48)43-31-30-42-44(53(43)58)29-27-37-28-32-50-52(51(37)42)45-24-11-13-26-49(45)57(50)39-20-8-3-9-21-39/h1-34H. The van der Waals surface area contributed by atoms with Crippen LogP contribution in [0.4, 0.5) is 0 Å². The zero-order valence-electron chi connectivity index (χ0n) is 31.4. The van der Waals surface area contributed by atoms with Crippen LogP contribution in [0, 0.1) is 0 Å². The second kappa shape index (κ2) is 12.9. The fraction of sp³-hybridized carbons (Fsp3) is 0. The van der Waals surface area contributed by atoms with E-state index >= 15 is 0 Å². The summed E-state index contributed by atoms with van der Waals surface area (Å²) in [5.41, 5.74) is 11.8. The molecule has 3 heterocycles. The van der Waals surface area contributed by atoms with E-state index in [1.807, 2.05) is 12.1 Å². The Hall–Kier alpha value is -7.82. The molecule has 12 rings (SSSR count). The van der Waals surface area contributed by atoms with Crippen LogP contribution in [-0.4, -0.2) is 19.1 Å². The molecule has 0 unspecified atom stereocenters. The van der Waals surface area contributed by atoms with Gasteiger partial charge in [-0.05, 0) is 64.7 Å². The molecule has 12 aromatic rings. The fourth-order valence-corrected chi connectivity index (χ4v) is 9.15. The molecule has 0 N–H and O–H groups in total. The van der Waals surface area contributed by atoms with Crippen LogP contribution in [-0.2, 0) is 0 Å². The molecule has 9 aromatic carbocycles. The van der Waals surface area contributed by atoms with Crippen LogP contribution in [0.3, 0.4) is 0 Å². The average molecular weight is 739 g/mol. The van der Waals surface area contributed by atoms with Gasteiger partial charge in [0.2, 0.25) is 0 Å². The second-order valence-corrected chi connectivity index (χ2v) is 15.0. The number of benzene rings is 9. The van der Waals surface area contributed by atoms with E-state index in [0.717, 1.165) is 45.0 Å². The van der Waals surface area contributed by atoms with Gasteiger partial charge in [0.25, 0.3) is 0 Å². The number of para-hydroxylation sites is 3. The van der Waals surface area contributed by atoms with Gasteiger partial charge in [-0.1, -0.05) is 158 Å². The van der Waals surface area contributed by atoms with Crippen LogP contribution in [0.2, 0.25) is 0 Å². The first kappa shape index (κ1) is 32.4. The van der Waals surface area contributed by atoms with Crippen molar-refractivity contribution in [3.05, 3.63) is 206 Å². The summed E-state index contributed by atoms with van der Waals surface area (Å²) < 4.78 is 4.84. The number of rotatable bonds is 5. The van der Waals surface area contributed by atoms with Gasteiger partial charge in [-0.15, -0.1) is 0 Å². The topological polar surface area (TPSA) is 35.6 Å². The Labute approximate surface area is 334 Å². The van der Waals surface area contributed by atoms with Gasteiger partial charge in [0, 0.05) is 55.0 Å². The van der Waals surface area contributed by atoms with Crippen LogP contribution in [0.1, 0.15) is 0 Å². The molecule has 4 heteroatoms. The molecule has 0 aliphatic carbocycles. The van der Waals surface area contributed by atoms with Crippen molar-refractivity contribution >= 4 is 65.2 Å². The maximum Gasteiger partial charge on any atom is 0.160 e. The molecule has 0 amide bonds. The van der Waals surface area contributed by atoms with Crippen molar-refractivity contribution in [2.24, 2.45) is 0 Å². The van der Waals surface area contributed by atoms with E-state index in [-0.39, 0.29) is 0 Å². The third-order valence-electron chi connectivity index (χ3n) is 11.7. The van der Waals surface area contributed by atoms with Crippen molar-refractivity contribution < 1.29 is 0 Å². The van der Waals surface area contributed by atoms with Crippen LogP contribution in [0.5, 0.6) is 0 Å². The summed E-state index contributed by atoms with van der Waals surface area (Å²) in [5, 5.41) is 9.91. The van der Waals surface area contributed by atoms with E-state index < -0.39 is 0 Å². The maximum absolute atomic E-state index is 5.19. The molecule has 3 aromatic heterocycles. The van der Waals surface area contributed by atoms with Gasteiger partial charge >= 0.3 is 0 Å². The van der Waals surface area contributed by atoms with Crippen molar-refractivity contribution in [1.29, 1.82) is 0 Å². The monoisotopic (exact) mass is 738 g/mol. The Morgan fingerprint density at radius 2 is 0.845 bits per heavy atom. The minimum absolute atomic E-state index is 0.691. The number of nitrogens with zero attached hydrogens (tertiary/aromatic N) is 4. The summed E-state index contributed by atoms with van der Waals surface area (Å²) in [7, 11) is 0. The molecule has 0 saturated heterocycles. The van der Waals surface area contributed by atoms with Gasteiger partial charge in [-0.3, -0.25) is 0 Å². The molecule has 58 heavy (non-hydrogen) atoms. The lowest BCUT2D eigenvalue weighted by Gasteiger charge is -2.14. The normalized spacial score (nSPS) is 11.8. The van der Waals surface area contributed by atoms with Crippen LogP contribution < -0.4 is 0 Å². The van der Waals surface area contributed by atoms with E-state index in [2.05, 4.69) is 203 Å². The van der Waals surface area contributed by atoms with Gasteiger partial charge in [0.05, 0.1) is 33.5 Å². The van der Waals surface area contributed by atoms with Gasteiger partial charge in [-0.25, -0.2) is 9.97 Å². The van der Waals surface area contributed by atoms with Gasteiger partial charge in [0.1, 0.15) is 0 Å². The predicted molar refractivity (Wildman–Crippen MR) is 242 cm³/mol.